The third-order valence-corrected chi connectivity index (χ3v) is 4.17. The zero-order valence-electron chi connectivity index (χ0n) is 10.1. The third kappa shape index (κ3) is 2.13. The summed E-state index contributed by atoms with van der Waals surface area (Å²) >= 11 is 0. The average molecular weight is 195 g/mol. The summed E-state index contributed by atoms with van der Waals surface area (Å²) in [5.41, 5.74) is 0.395. The first-order valence-corrected chi connectivity index (χ1v) is 6.32. The van der Waals surface area contributed by atoms with E-state index in [4.69, 9.17) is 0 Å². The van der Waals surface area contributed by atoms with Gasteiger partial charge in [0, 0.05) is 18.6 Å². The molecular formula is C13H25N. The first kappa shape index (κ1) is 10.5. The van der Waals surface area contributed by atoms with E-state index in [1.54, 1.807) is 0 Å². The molecule has 2 aliphatic rings. The fourth-order valence-electron chi connectivity index (χ4n) is 3.13. The summed E-state index contributed by atoms with van der Waals surface area (Å²) in [6.07, 6.45) is 7.45. The maximum atomic E-state index is 2.70. The van der Waals surface area contributed by atoms with Crippen molar-refractivity contribution in [3.8, 4) is 0 Å². The number of likely N-dealkylation sites (tertiary alicyclic amines) is 1. The fraction of sp³-hybridized carbons (Fsp3) is 1.00. The zero-order valence-corrected chi connectivity index (χ0v) is 10.1. The van der Waals surface area contributed by atoms with Gasteiger partial charge < -0.3 is 0 Å². The molecule has 1 saturated heterocycles. The van der Waals surface area contributed by atoms with Gasteiger partial charge in [-0.1, -0.05) is 19.3 Å². The molecule has 2 unspecified atom stereocenters. The lowest BCUT2D eigenvalue weighted by Crippen LogP contribution is -2.39. The second kappa shape index (κ2) is 3.84. The Hall–Kier alpha value is -0.0400. The van der Waals surface area contributed by atoms with Crippen molar-refractivity contribution in [2.45, 2.75) is 58.4 Å². The highest BCUT2D eigenvalue weighted by Gasteiger charge is 2.37. The number of rotatable bonds is 0. The van der Waals surface area contributed by atoms with E-state index < -0.39 is 0 Å². The Morgan fingerprint density at radius 2 is 1.36 bits per heavy atom. The molecule has 0 aromatic heterocycles. The molecule has 0 N–H and O–H groups in total. The molecule has 1 heterocycles. The van der Waals surface area contributed by atoms with Crippen LogP contribution in [0.4, 0.5) is 0 Å². The molecule has 0 bridgehead atoms. The number of hydrogen-bond acceptors (Lipinski definition) is 1. The van der Waals surface area contributed by atoms with Crippen LogP contribution in [0.15, 0.2) is 0 Å². The lowest BCUT2D eigenvalue weighted by Gasteiger charge is -2.32. The third-order valence-electron chi connectivity index (χ3n) is 4.17. The molecule has 0 radical (unpaired) electrons. The standard InChI is InChI=1S/C13H25N/c1-13(2,3)14-9-11-7-5-4-6-8-12(11)10-14/h11-12H,4-10H2,1-3H3. The topological polar surface area (TPSA) is 3.24 Å². The van der Waals surface area contributed by atoms with Crippen LogP contribution in [0.5, 0.6) is 0 Å². The van der Waals surface area contributed by atoms with Gasteiger partial charge in [0.25, 0.3) is 0 Å². The molecule has 0 amide bonds. The summed E-state index contributed by atoms with van der Waals surface area (Å²) in [4.78, 5) is 2.70. The van der Waals surface area contributed by atoms with Crippen LogP contribution >= 0.6 is 0 Å². The highest BCUT2D eigenvalue weighted by atomic mass is 15.2. The molecule has 0 spiro atoms. The van der Waals surface area contributed by atoms with E-state index in [9.17, 15) is 0 Å². The molecule has 1 heteroatoms. The number of nitrogens with zero attached hydrogens (tertiary/aromatic N) is 1. The van der Waals surface area contributed by atoms with Crippen LogP contribution in [-0.4, -0.2) is 23.5 Å². The molecule has 1 aliphatic heterocycles. The normalized spacial score (nSPS) is 35.4. The van der Waals surface area contributed by atoms with Crippen molar-refractivity contribution >= 4 is 0 Å². The lowest BCUT2D eigenvalue weighted by molar-refractivity contribution is 0.162. The van der Waals surface area contributed by atoms with Gasteiger partial charge in [0.15, 0.2) is 0 Å². The van der Waals surface area contributed by atoms with Crippen LogP contribution in [-0.2, 0) is 0 Å². The van der Waals surface area contributed by atoms with E-state index in [-0.39, 0.29) is 0 Å². The van der Waals surface area contributed by atoms with E-state index in [1.807, 2.05) is 0 Å². The number of fused-ring (bicyclic) bond motifs is 1. The van der Waals surface area contributed by atoms with Gasteiger partial charge in [-0.3, -0.25) is 4.90 Å². The van der Waals surface area contributed by atoms with Crippen molar-refractivity contribution < 1.29 is 0 Å². The van der Waals surface area contributed by atoms with Gasteiger partial charge in [-0.15, -0.1) is 0 Å². The second-order valence-electron chi connectivity index (χ2n) is 6.23. The Bertz CT molecular complexity index is 178. The molecule has 2 atom stereocenters. The first-order valence-electron chi connectivity index (χ1n) is 6.32. The van der Waals surface area contributed by atoms with Gasteiger partial charge in [-0.25, -0.2) is 0 Å². The van der Waals surface area contributed by atoms with Crippen molar-refractivity contribution in [2.24, 2.45) is 11.8 Å². The Morgan fingerprint density at radius 1 is 0.857 bits per heavy atom. The predicted molar refractivity (Wildman–Crippen MR) is 61.4 cm³/mol. The minimum atomic E-state index is 0.395. The highest BCUT2D eigenvalue weighted by molar-refractivity contribution is 4.90. The molecule has 0 aromatic rings. The van der Waals surface area contributed by atoms with Crippen molar-refractivity contribution in [2.75, 3.05) is 13.1 Å². The lowest BCUT2D eigenvalue weighted by atomic mass is 9.92. The van der Waals surface area contributed by atoms with Crippen LogP contribution in [0, 0.1) is 11.8 Å². The van der Waals surface area contributed by atoms with Gasteiger partial charge in [-0.2, -0.15) is 0 Å². The highest BCUT2D eigenvalue weighted by Crippen LogP contribution is 2.37. The summed E-state index contributed by atoms with van der Waals surface area (Å²) in [5, 5.41) is 0. The molecule has 1 aliphatic carbocycles. The Balaban J connectivity index is 1.98. The van der Waals surface area contributed by atoms with Gasteiger partial charge >= 0.3 is 0 Å². The van der Waals surface area contributed by atoms with Crippen LogP contribution in [0.1, 0.15) is 52.9 Å². The maximum absolute atomic E-state index is 2.70. The molecule has 82 valence electrons. The van der Waals surface area contributed by atoms with Crippen LogP contribution in [0.3, 0.4) is 0 Å². The minimum Gasteiger partial charge on any atom is -0.298 e. The maximum Gasteiger partial charge on any atom is 0.0125 e. The number of hydrogen-bond donors (Lipinski definition) is 0. The van der Waals surface area contributed by atoms with Gasteiger partial charge in [0.05, 0.1) is 0 Å². The van der Waals surface area contributed by atoms with E-state index >= 15 is 0 Å². The Kier molecular flexibility index (Phi) is 2.88. The zero-order chi connectivity index (χ0) is 10.2. The van der Waals surface area contributed by atoms with E-state index in [1.165, 1.54) is 45.2 Å². The summed E-state index contributed by atoms with van der Waals surface area (Å²) in [7, 11) is 0. The Labute approximate surface area is 88.9 Å². The molecule has 2 rings (SSSR count). The van der Waals surface area contributed by atoms with Crippen LogP contribution in [0.2, 0.25) is 0 Å². The molecule has 1 nitrogen and oxygen atoms in total. The molecule has 14 heavy (non-hydrogen) atoms. The summed E-state index contributed by atoms with van der Waals surface area (Å²) in [6.45, 7) is 9.82. The molecule has 0 aromatic carbocycles. The monoisotopic (exact) mass is 195 g/mol. The first-order chi connectivity index (χ1) is 6.57. The Morgan fingerprint density at radius 3 is 1.79 bits per heavy atom. The van der Waals surface area contributed by atoms with Crippen molar-refractivity contribution in [3.05, 3.63) is 0 Å². The smallest absolute Gasteiger partial charge is 0.0125 e. The fourth-order valence-corrected chi connectivity index (χ4v) is 3.13. The summed E-state index contributed by atoms with van der Waals surface area (Å²) < 4.78 is 0. The van der Waals surface area contributed by atoms with Crippen molar-refractivity contribution in [1.82, 2.24) is 4.90 Å². The van der Waals surface area contributed by atoms with Crippen LogP contribution in [0.25, 0.3) is 0 Å². The molecular weight excluding hydrogens is 170 g/mol. The van der Waals surface area contributed by atoms with E-state index in [0.717, 1.165) is 11.8 Å². The average Bonchev–Trinajstić information content (AvgIpc) is 2.38. The van der Waals surface area contributed by atoms with Gasteiger partial charge in [-0.05, 0) is 45.4 Å². The van der Waals surface area contributed by atoms with E-state index in [2.05, 4.69) is 25.7 Å². The summed E-state index contributed by atoms with van der Waals surface area (Å²) in [6, 6.07) is 0. The van der Waals surface area contributed by atoms with E-state index in [0.29, 0.717) is 5.54 Å². The van der Waals surface area contributed by atoms with Gasteiger partial charge in [0.2, 0.25) is 0 Å². The second-order valence-corrected chi connectivity index (χ2v) is 6.23. The van der Waals surface area contributed by atoms with Gasteiger partial charge in [0.1, 0.15) is 0 Å². The SMILES string of the molecule is CC(C)(C)N1CC2CCCCCC2C1. The predicted octanol–water partition coefficient (Wildman–Crippen LogP) is 3.30. The van der Waals surface area contributed by atoms with Crippen LogP contribution < -0.4 is 0 Å². The largest absolute Gasteiger partial charge is 0.298 e. The molecule has 2 fully saturated rings. The minimum absolute atomic E-state index is 0.395. The van der Waals surface area contributed by atoms with Crippen molar-refractivity contribution in [1.29, 1.82) is 0 Å². The summed E-state index contributed by atoms with van der Waals surface area (Å²) in [5.74, 6) is 2.05. The quantitative estimate of drug-likeness (QED) is 0.573. The molecule has 1 saturated carbocycles. The van der Waals surface area contributed by atoms with Crippen molar-refractivity contribution in [3.63, 3.8) is 0 Å².